The van der Waals surface area contributed by atoms with Crippen LogP contribution in [0.4, 0.5) is 0 Å². The van der Waals surface area contributed by atoms with Crippen LogP contribution in [0.2, 0.25) is 0 Å². The van der Waals surface area contributed by atoms with Crippen molar-refractivity contribution in [3.63, 3.8) is 0 Å². The van der Waals surface area contributed by atoms with Crippen molar-refractivity contribution in [2.75, 3.05) is 0 Å². The van der Waals surface area contributed by atoms with E-state index in [-0.39, 0.29) is 5.78 Å². The van der Waals surface area contributed by atoms with Crippen LogP contribution < -0.4 is 0 Å². The predicted molar refractivity (Wildman–Crippen MR) is 58.3 cm³/mol. The Morgan fingerprint density at radius 2 is 1.69 bits per heavy atom. The molecule has 1 aromatic rings. The summed E-state index contributed by atoms with van der Waals surface area (Å²) >= 11 is 0. The van der Waals surface area contributed by atoms with E-state index < -0.39 is 5.60 Å². The number of nitrogens with zero attached hydrogens (tertiary/aromatic N) is 1. The molecule has 0 bridgehead atoms. The van der Waals surface area contributed by atoms with Gasteiger partial charge in [0.1, 0.15) is 5.60 Å². The first kappa shape index (κ1) is 10.3. The molecule has 1 aliphatic carbocycles. The summed E-state index contributed by atoms with van der Waals surface area (Å²) in [5.74, 6) is -0.140. The molecule has 0 radical (unpaired) electrons. The van der Waals surface area contributed by atoms with Crippen LogP contribution in [-0.4, -0.2) is 10.9 Å². The normalized spacial score (nSPS) is 17.1. The van der Waals surface area contributed by atoms with Gasteiger partial charge >= 0.3 is 0 Å². The molecule has 1 N–H and O–H groups in total. The molecule has 2 rings (SSSR count). The highest BCUT2D eigenvalue weighted by atomic mass is 16.3. The molecule has 0 saturated heterocycles. The van der Waals surface area contributed by atoms with Crippen LogP contribution in [-0.2, 0) is 10.4 Å². The van der Waals surface area contributed by atoms with Crippen molar-refractivity contribution in [2.24, 2.45) is 0 Å². The van der Waals surface area contributed by atoms with Gasteiger partial charge in [0.05, 0.1) is 11.6 Å². The molecule has 0 saturated carbocycles. The van der Waals surface area contributed by atoms with Crippen molar-refractivity contribution >= 4 is 5.78 Å². The zero-order valence-corrected chi connectivity index (χ0v) is 8.42. The van der Waals surface area contributed by atoms with Gasteiger partial charge in [0, 0.05) is 0 Å². The third-order valence-corrected chi connectivity index (χ3v) is 2.48. The van der Waals surface area contributed by atoms with Gasteiger partial charge in [-0.2, -0.15) is 5.26 Å². The Kier molecular flexibility index (Phi) is 2.43. The lowest BCUT2D eigenvalue weighted by molar-refractivity contribution is -0.110. The summed E-state index contributed by atoms with van der Waals surface area (Å²) in [6.07, 6.45) is 5.55. The maximum Gasteiger partial charge on any atom is 0.178 e. The van der Waals surface area contributed by atoms with Gasteiger partial charge in [-0.3, -0.25) is 4.79 Å². The van der Waals surface area contributed by atoms with Crippen molar-refractivity contribution < 1.29 is 9.90 Å². The van der Waals surface area contributed by atoms with Crippen LogP contribution in [0, 0.1) is 11.3 Å². The Balaban J connectivity index is 2.38. The molecule has 3 nitrogen and oxygen atoms in total. The van der Waals surface area contributed by atoms with Gasteiger partial charge in [0.15, 0.2) is 5.78 Å². The molecule has 16 heavy (non-hydrogen) atoms. The fourth-order valence-electron chi connectivity index (χ4n) is 1.53. The van der Waals surface area contributed by atoms with E-state index in [1.54, 1.807) is 24.3 Å². The molecule has 3 heteroatoms. The van der Waals surface area contributed by atoms with Crippen LogP contribution in [0.1, 0.15) is 11.1 Å². The molecule has 0 fully saturated rings. The molecule has 0 amide bonds. The summed E-state index contributed by atoms with van der Waals surface area (Å²) in [5.41, 5.74) is -0.0827. The largest absolute Gasteiger partial charge is 0.377 e. The van der Waals surface area contributed by atoms with E-state index in [0.29, 0.717) is 11.1 Å². The molecule has 78 valence electrons. The number of rotatable bonds is 1. The lowest BCUT2D eigenvalue weighted by atomic mass is 9.89. The molecule has 1 aliphatic rings. The molecular weight excluding hydrogens is 202 g/mol. The van der Waals surface area contributed by atoms with Crippen molar-refractivity contribution in [1.29, 1.82) is 5.26 Å². The van der Waals surface area contributed by atoms with Gasteiger partial charge in [-0.05, 0) is 42.0 Å². The predicted octanol–water partition coefficient (Wildman–Crippen LogP) is 1.44. The highest BCUT2D eigenvalue weighted by Gasteiger charge is 2.25. The Morgan fingerprint density at radius 3 is 2.19 bits per heavy atom. The lowest BCUT2D eigenvalue weighted by Crippen LogP contribution is -2.22. The first-order valence-electron chi connectivity index (χ1n) is 4.79. The van der Waals surface area contributed by atoms with Gasteiger partial charge in [-0.1, -0.05) is 12.1 Å². The number of allylic oxidation sites excluding steroid dienone is 2. The Bertz CT molecular complexity index is 502. The SMILES string of the molecule is N#Cc1ccc(C2(O)C=CC(=O)C=C2)cc1. The second-order valence-corrected chi connectivity index (χ2v) is 3.58. The Morgan fingerprint density at radius 1 is 1.12 bits per heavy atom. The van der Waals surface area contributed by atoms with Gasteiger partial charge in [0.25, 0.3) is 0 Å². The number of hydrogen-bond acceptors (Lipinski definition) is 3. The molecule has 0 aliphatic heterocycles. The van der Waals surface area contributed by atoms with E-state index in [9.17, 15) is 9.90 Å². The third kappa shape index (κ3) is 1.79. The van der Waals surface area contributed by atoms with Gasteiger partial charge in [-0.25, -0.2) is 0 Å². The summed E-state index contributed by atoms with van der Waals surface area (Å²) in [7, 11) is 0. The fraction of sp³-hybridized carbons (Fsp3) is 0.0769. The zero-order chi connectivity index (χ0) is 11.6. The van der Waals surface area contributed by atoms with Crippen LogP contribution >= 0.6 is 0 Å². The smallest absolute Gasteiger partial charge is 0.178 e. The van der Waals surface area contributed by atoms with Gasteiger partial charge < -0.3 is 5.11 Å². The number of carbonyl (C=O) groups is 1. The average molecular weight is 211 g/mol. The first-order chi connectivity index (χ1) is 7.64. The Labute approximate surface area is 92.9 Å². The lowest BCUT2D eigenvalue weighted by Gasteiger charge is -2.22. The Hall–Kier alpha value is -2.18. The number of aliphatic hydroxyl groups is 1. The zero-order valence-electron chi connectivity index (χ0n) is 8.42. The highest BCUT2D eigenvalue weighted by molar-refractivity contribution is 6.00. The van der Waals surface area contributed by atoms with E-state index in [1.165, 1.54) is 24.3 Å². The molecule has 1 aromatic carbocycles. The van der Waals surface area contributed by atoms with Crippen molar-refractivity contribution in [3.05, 3.63) is 59.7 Å². The van der Waals surface area contributed by atoms with Gasteiger partial charge in [0.2, 0.25) is 0 Å². The molecule has 0 aromatic heterocycles. The summed E-state index contributed by atoms with van der Waals surface area (Å²) < 4.78 is 0. The minimum absolute atomic E-state index is 0.140. The highest BCUT2D eigenvalue weighted by Crippen LogP contribution is 2.26. The minimum atomic E-state index is -1.25. The van der Waals surface area contributed by atoms with Crippen LogP contribution in [0.5, 0.6) is 0 Å². The van der Waals surface area contributed by atoms with E-state index in [0.717, 1.165) is 0 Å². The van der Waals surface area contributed by atoms with Crippen LogP contribution in [0.3, 0.4) is 0 Å². The third-order valence-electron chi connectivity index (χ3n) is 2.48. The molecule has 0 spiro atoms. The molecule has 0 heterocycles. The van der Waals surface area contributed by atoms with Gasteiger partial charge in [-0.15, -0.1) is 0 Å². The molecule has 0 unspecified atom stereocenters. The number of nitriles is 1. The number of ketones is 1. The number of benzene rings is 1. The van der Waals surface area contributed by atoms with E-state index in [4.69, 9.17) is 5.26 Å². The summed E-state index contributed by atoms with van der Waals surface area (Å²) in [4.78, 5) is 11.0. The van der Waals surface area contributed by atoms with Crippen LogP contribution in [0.25, 0.3) is 0 Å². The minimum Gasteiger partial charge on any atom is -0.377 e. The quantitative estimate of drug-likeness (QED) is 0.764. The van der Waals surface area contributed by atoms with E-state index in [2.05, 4.69) is 0 Å². The first-order valence-corrected chi connectivity index (χ1v) is 4.79. The van der Waals surface area contributed by atoms with Crippen molar-refractivity contribution in [1.82, 2.24) is 0 Å². The maximum atomic E-state index is 11.0. The maximum absolute atomic E-state index is 11.0. The topological polar surface area (TPSA) is 61.1 Å². The van der Waals surface area contributed by atoms with Crippen molar-refractivity contribution in [3.8, 4) is 6.07 Å². The standard InChI is InChI=1S/C13H9NO2/c14-9-10-1-3-11(4-2-10)13(16)7-5-12(15)6-8-13/h1-8,16H. The number of hydrogen-bond donors (Lipinski definition) is 1. The second kappa shape index (κ2) is 3.76. The number of carbonyl (C=O) groups excluding carboxylic acids is 1. The van der Waals surface area contributed by atoms with Crippen molar-refractivity contribution in [2.45, 2.75) is 5.60 Å². The summed E-state index contributed by atoms with van der Waals surface area (Å²) in [6, 6.07) is 8.60. The van der Waals surface area contributed by atoms with Crippen LogP contribution in [0.15, 0.2) is 48.6 Å². The molecule has 0 atom stereocenters. The monoisotopic (exact) mass is 211 g/mol. The summed E-state index contributed by atoms with van der Waals surface area (Å²) in [6.45, 7) is 0. The van der Waals surface area contributed by atoms with E-state index >= 15 is 0 Å². The van der Waals surface area contributed by atoms with E-state index in [1.807, 2.05) is 6.07 Å². The molecular formula is C13H9NO2. The second-order valence-electron chi connectivity index (χ2n) is 3.58. The summed E-state index contributed by atoms with van der Waals surface area (Å²) in [5, 5.41) is 18.9. The fourth-order valence-corrected chi connectivity index (χ4v) is 1.53. The average Bonchev–Trinajstić information content (AvgIpc) is 2.33.